The van der Waals surface area contributed by atoms with Crippen molar-refractivity contribution in [2.24, 2.45) is 13.0 Å². The molecule has 74 heavy (non-hydrogen) atoms. The minimum Gasteiger partial charge on any atom is -0.492 e. The molecule has 6 aromatic rings. The van der Waals surface area contributed by atoms with Gasteiger partial charge in [0.1, 0.15) is 30.6 Å². The Morgan fingerprint density at radius 1 is 0.878 bits per heavy atom. The highest BCUT2D eigenvalue weighted by Crippen LogP contribution is 2.43. The monoisotopic (exact) mass is 1090 g/mol. The molecule has 4 aliphatic rings. The number of halogens is 2. The molecular formula is C53H63BrFN12O6P. The fourth-order valence-corrected chi connectivity index (χ4v) is 13.0. The lowest BCUT2D eigenvalue weighted by Gasteiger charge is -2.46. The summed E-state index contributed by atoms with van der Waals surface area (Å²) in [5.74, 6) is -0.115. The van der Waals surface area contributed by atoms with Crippen LogP contribution < -0.4 is 41.5 Å². The first-order valence-electron chi connectivity index (χ1n) is 25.6. The standard InChI is InChI=1S/C53H63BrFN12O6P/c1-7-31-24-40(59-52-56-28-37(54)49(61-52)58-39-13-12-38-36(48(39)74(5,6)72)11-10-34(8-2)57-38)45(73-9-3)27-42(31)64-18-16-35(17-19-64)63-20-22-65(23-21-63)51(70)32-29-66(30-32)43-25-33(55)26-44-47(43)62(4)53(71)67(44)41-14-15-46(68)60-50(41)69/h10-13,24-28,32,35,41H,7-9,14-23,29-30H2,1-6H3,(H,60,68,69)(H2,56,58,59,61). The molecule has 3 N–H and O–H groups in total. The van der Waals surface area contributed by atoms with Crippen molar-refractivity contribution in [3.8, 4) is 5.75 Å². The van der Waals surface area contributed by atoms with Crippen LogP contribution in [0.3, 0.4) is 0 Å². The van der Waals surface area contributed by atoms with E-state index in [1.165, 1.54) is 26.8 Å². The maximum absolute atomic E-state index is 15.2. The number of rotatable bonds is 14. The molecule has 4 fully saturated rings. The molecule has 390 valence electrons. The van der Waals surface area contributed by atoms with Crippen LogP contribution in [0.4, 0.5) is 38.9 Å². The Kier molecular flexibility index (Phi) is 14.3. The number of piperidine rings is 2. The van der Waals surface area contributed by atoms with Crippen molar-refractivity contribution in [3.05, 3.63) is 86.8 Å². The van der Waals surface area contributed by atoms with Gasteiger partial charge < -0.3 is 34.6 Å². The number of nitrogens with zero attached hydrogens (tertiary/aromatic N) is 9. The summed E-state index contributed by atoms with van der Waals surface area (Å²) in [7, 11) is -1.17. The number of amides is 3. The summed E-state index contributed by atoms with van der Waals surface area (Å²) in [5, 5.41) is 10.8. The van der Waals surface area contributed by atoms with Gasteiger partial charge in [0.15, 0.2) is 0 Å². The van der Waals surface area contributed by atoms with E-state index < -0.39 is 36.5 Å². The Bertz CT molecular complexity index is 3300. The first kappa shape index (κ1) is 51.1. The zero-order chi connectivity index (χ0) is 52.2. The Morgan fingerprint density at radius 3 is 2.32 bits per heavy atom. The molecule has 0 bridgehead atoms. The molecule has 3 amide bonds. The number of imidazole rings is 1. The lowest BCUT2D eigenvalue weighted by molar-refractivity contribution is -0.138. The van der Waals surface area contributed by atoms with E-state index in [1.54, 1.807) is 26.6 Å². The van der Waals surface area contributed by atoms with Crippen LogP contribution in [0.1, 0.15) is 63.8 Å². The molecule has 4 saturated heterocycles. The summed E-state index contributed by atoms with van der Waals surface area (Å²) < 4.78 is 38.6. The quantitative estimate of drug-likeness (QED) is 0.0742. The van der Waals surface area contributed by atoms with Crippen molar-refractivity contribution in [3.63, 3.8) is 0 Å². The summed E-state index contributed by atoms with van der Waals surface area (Å²) in [6, 6.07) is 14.2. The van der Waals surface area contributed by atoms with Crippen molar-refractivity contribution in [1.29, 1.82) is 0 Å². The molecule has 10 rings (SSSR count). The number of aryl methyl sites for hydroxylation is 3. The van der Waals surface area contributed by atoms with E-state index in [9.17, 15) is 23.7 Å². The number of hydrogen-bond acceptors (Lipinski definition) is 14. The number of hydrogen-bond donors (Lipinski definition) is 3. The highest BCUT2D eigenvalue weighted by molar-refractivity contribution is 9.10. The van der Waals surface area contributed by atoms with Crippen LogP contribution in [-0.2, 0) is 38.8 Å². The summed E-state index contributed by atoms with van der Waals surface area (Å²) in [6.45, 7) is 15.6. The van der Waals surface area contributed by atoms with Gasteiger partial charge in [-0.15, -0.1) is 0 Å². The van der Waals surface area contributed by atoms with Crippen LogP contribution in [0.25, 0.3) is 21.9 Å². The number of anilines is 6. The third-order valence-electron chi connectivity index (χ3n) is 15.1. The molecule has 0 aliphatic carbocycles. The number of carbonyl (C=O) groups excluding carboxylic acids is 3. The molecule has 0 radical (unpaired) electrons. The Labute approximate surface area is 437 Å². The minimum atomic E-state index is -2.76. The zero-order valence-electron chi connectivity index (χ0n) is 42.7. The highest BCUT2D eigenvalue weighted by Gasteiger charge is 2.40. The Morgan fingerprint density at radius 2 is 1.64 bits per heavy atom. The molecule has 3 aromatic carbocycles. The number of pyridine rings is 1. The van der Waals surface area contributed by atoms with Crippen LogP contribution in [-0.4, -0.2) is 130 Å². The number of fused-ring (bicyclic) bond motifs is 2. The van der Waals surface area contributed by atoms with E-state index >= 15 is 4.39 Å². The molecule has 18 nitrogen and oxygen atoms in total. The third-order valence-corrected chi connectivity index (χ3v) is 17.2. The minimum absolute atomic E-state index is 0.0845. The topological polar surface area (TPSA) is 192 Å². The zero-order valence-corrected chi connectivity index (χ0v) is 45.2. The summed E-state index contributed by atoms with van der Waals surface area (Å²) in [4.78, 5) is 75.0. The van der Waals surface area contributed by atoms with E-state index in [2.05, 4.69) is 72.6 Å². The SMILES string of the molecule is CCOc1cc(N2CCC(N3CCN(C(=O)C4CN(c5cc(F)cc6c5n(C)c(=O)n6C5CCC(=O)NC5=O)C4)CC3)CC2)c(CC)cc1Nc1ncc(Br)c(Nc2ccc3nc(CC)ccc3c2P(C)(C)=O)n1. The van der Waals surface area contributed by atoms with Gasteiger partial charge in [0, 0.05) is 106 Å². The number of imide groups is 1. The van der Waals surface area contributed by atoms with Crippen LogP contribution in [0.15, 0.2) is 64.0 Å². The fraction of sp³-hybridized carbons (Fsp3) is 0.453. The van der Waals surface area contributed by atoms with Gasteiger partial charge >= 0.3 is 5.69 Å². The number of ether oxygens (including phenoxy) is 1. The molecular weight excluding hydrogens is 1030 g/mol. The van der Waals surface area contributed by atoms with Crippen molar-refractivity contribution in [2.45, 2.75) is 71.4 Å². The Balaban J connectivity index is 0.759. The summed E-state index contributed by atoms with van der Waals surface area (Å²) in [6.07, 6.45) is 5.51. The molecule has 0 spiro atoms. The van der Waals surface area contributed by atoms with Gasteiger partial charge in [-0.3, -0.25) is 38.7 Å². The molecule has 7 heterocycles. The average molecular weight is 1090 g/mol. The van der Waals surface area contributed by atoms with Crippen LogP contribution >= 0.6 is 23.1 Å². The lowest BCUT2D eigenvalue weighted by atomic mass is 9.96. The van der Waals surface area contributed by atoms with Gasteiger partial charge in [0.2, 0.25) is 23.7 Å². The smallest absolute Gasteiger partial charge is 0.329 e. The average Bonchev–Trinajstić information content (AvgIpc) is 3.62. The number of carbonyl (C=O) groups is 3. The number of piperazine rings is 1. The van der Waals surface area contributed by atoms with Crippen LogP contribution in [0, 0.1) is 11.7 Å². The molecule has 0 saturated carbocycles. The van der Waals surface area contributed by atoms with Crippen molar-refractivity contribution >= 4 is 103 Å². The third kappa shape index (κ3) is 9.87. The first-order chi connectivity index (χ1) is 35.5. The largest absolute Gasteiger partial charge is 0.492 e. The molecule has 3 aromatic heterocycles. The van der Waals surface area contributed by atoms with Gasteiger partial charge in [0.25, 0.3) is 0 Å². The lowest BCUT2D eigenvalue weighted by Crippen LogP contribution is -2.59. The summed E-state index contributed by atoms with van der Waals surface area (Å²) >= 11 is 3.63. The van der Waals surface area contributed by atoms with E-state index in [1.807, 2.05) is 41.0 Å². The maximum atomic E-state index is 15.2. The Hall–Kier alpha value is -6.37. The second kappa shape index (κ2) is 20.7. The van der Waals surface area contributed by atoms with Crippen molar-refractivity contribution in [2.75, 3.05) is 92.7 Å². The van der Waals surface area contributed by atoms with E-state index in [0.717, 1.165) is 85.1 Å². The predicted octanol–water partition coefficient (Wildman–Crippen LogP) is 7.07. The maximum Gasteiger partial charge on any atom is 0.329 e. The highest BCUT2D eigenvalue weighted by atomic mass is 79.9. The van der Waals surface area contributed by atoms with Gasteiger partial charge in [-0.1, -0.05) is 19.9 Å². The number of benzene rings is 3. The predicted molar refractivity (Wildman–Crippen MR) is 291 cm³/mol. The normalized spacial score (nSPS) is 18.3. The van der Waals surface area contributed by atoms with E-state index in [-0.39, 0.29) is 30.2 Å². The van der Waals surface area contributed by atoms with Crippen molar-refractivity contribution in [1.82, 2.24) is 39.2 Å². The van der Waals surface area contributed by atoms with Gasteiger partial charge in [-0.25, -0.2) is 14.2 Å². The molecule has 4 aliphatic heterocycles. The number of aromatic nitrogens is 5. The summed E-state index contributed by atoms with van der Waals surface area (Å²) in [5.41, 5.74) is 6.35. The van der Waals surface area contributed by atoms with Crippen LogP contribution in [0.2, 0.25) is 0 Å². The van der Waals surface area contributed by atoms with Crippen molar-refractivity contribution < 1.29 is 28.1 Å². The number of nitrogens with one attached hydrogen (secondary N) is 3. The molecule has 21 heteroatoms. The van der Waals surface area contributed by atoms with E-state index in [0.29, 0.717) is 77.7 Å². The van der Waals surface area contributed by atoms with Gasteiger partial charge in [0.05, 0.1) is 50.6 Å². The second-order valence-corrected chi connectivity index (χ2v) is 24.1. The first-order valence-corrected chi connectivity index (χ1v) is 29.0. The van der Waals surface area contributed by atoms with Gasteiger partial charge in [-0.2, -0.15) is 4.98 Å². The second-order valence-electron chi connectivity index (χ2n) is 20.1. The fourth-order valence-electron chi connectivity index (χ4n) is 11.2. The molecule has 1 atom stereocenters. The van der Waals surface area contributed by atoms with Crippen LogP contribution in [0.5, 0.6) is 5.75 Å². The van der Waals surface area contributed by atoms with E-state index in [4.69, 9.17) is 14.7 Å². The van der Waals surface area contributed by atoms with Gasteiger partial charge in [-0.05, 0) is 110 Å². The molecule has 1 unspecified atom stereocenters.